The van der Waals surface area contributed by atoms with Crippen LogP contribution in [0.5, 0.6) is 0 Å². The largest absolute Gasteiger partial charge is 0.465 e. The molecule has 12 heteroatoms. The predicted octanol–water partition coefficient (Wildman–Crippen LogP) is 4.43. The Morgan fingerprint density at radius 3 is 2.26 bits per heavy atom. The van der Waals surface area contributed by atoms with E-state index in [2.05, 4.69) is 10.3 Å². The van der Waals surface area contributed by atoms with Gasteiger partial charge in [-0.05, 0) is 49.2 Å². The van der Waals surface area contributed by atoms with Crippen LogP contribution in [0.3, 0.4) is 0 Å². The summed E-state index contributed by atoms with van der Waals surface area (Å²) in [4.78, 5) is 30.1. The van der Waals surface area contributed by atoms with Gasteiger partial charge in [0.25, 0.3) is 5.56 Å². The van der Waals surface area contributed by atoms with Gasteiger partial charge in [0.15, 0.2) is 5.82 Å². The number of nitrogens with one attached hydrogen (secondary N) is 1. The molecule has 0 bridgehead atoms. The fourth-order valence-electron chi connectivity index (χ4n) is 3.96. The highest BCUT2D eigenvalue weighted by Crippen LogP contribution is 2.31. The molecule has 0 radical (unpaired) electrons. The normalized spacial score (nSPS) is 14.7. The second-order valence-electron chi connectivity index (χ2n) is 7.99. The highest BCUT2D eigenvalue weighted by Gasteiger charge is 2.30. The van der Waals surface area contributed by atoms with Gasteiger partial charge in [-0.1, -0.05) is 0 Å². The molecule has 3 aromatic rings. The molecule has 0 saturated carbocycles. The molecule has 1 aliphatic heterocycles. The summed E-state index contributed by atoms with van der Waals surface area (Å²) in [7, 11) is 0. The molecule has 2 heterocycles. The van der Waals surface area contributed by atoms with Crippen molar-refractivity contribution in [2.75, 3.05) is 18.0 Å². The first-order chi connectivity index (χ1) is 16.5. The van der Waals surface area contributed by atoms with Crippen LogP contribution >= 0.6 is 0 Å². The zero-order valence-electron chi connectivity index (χ0n) is 18.0. The molecular weight excluding hydrogens is 475 g/mol. The van der Waals surface area contributed by atoms with Crippen molar-refractivity contribution >= 4 is 11.9 Å². The first-order valence-corrected chi connectivity index (χ1v) is 10.5. The smallest absolute Gasteiger partial charge is 0.416 e. The average molecular weight is 494 g/mol. The molecule has 0 spiro atoms. The van der Waals surface area contributed by atoms with Gasteiger partial charge in [0.05, 0.1) is 16.8 Å². The van der Waals surface area contributed by atoms with Crippen molar-refractivity contribution in [3.63, 3.8) is 0 Å². The maximum atomic E-state index is 14.7. The van der Waals surface area contributed by atoms with Gasteiger partial charge in [0, 0.05) is 31.3 Å². The molecular formula is C23H19F5N4O3. The van der Waals surface area contributed by atoms with Gasteiger partial charge in [-0.25, -0.2) is 18.6 Å². The molecule has 2 N–H and O–H groups in total. The van der Waals surface area contributed by atoms with Crippen LogP contribution in [0.4, 0.5) is 32.6 Å². The summed E-state index contributed by atoms with van der Waals surface area (Å²) in [6, 6.07) is 7.32. The molecule has 1 aromatic heterocycles. The van der Waals surface area contributed by atoms with Crippen LogP contribution < -0.4 is 15.8 Å². The number of halogens is 5. The Morgan fingerprint density at radius 2 is 1.69 bits per heavy atom. The second kappa shape index (κ2) is 9.35. The Balaban J connectivity index is 1.78. The van der Waals surface area contributed by atoms with Crippen LogP contribution in [0.2, 0.25) is 0 Å². The van der Waals surface area contributed by atoms with Crippen molar-refractivity contribution in [3.8, 4) is 17.1 Å². The van der Waals surface area contributed by atoms with E-state index < -0.39 is 35.0 Å². The number of nitrogens with zero attached hydrogens (tertiary/aromatic N) is 3. The molecule has 7 nitrogen and oxygen atoms in total. The molecule has 0 unspecified atom stereocenters. The number of amides is 1. The molecule has 1 aliphatic rings. The third-order valence-electron chi connectivity index (χ3n) is 5.68. The summed E-state index contributed by atoms with van der Waals surface area (Å²) in [6.45, 7) is 0.708. The number of rotatable bonds is 4. The lowest BCUT2D eigenvalue weighted by Gasteiger charge is -2.33. The summed E-state index contributed by atoms with van der Waals surface area (Å²) in [5, 5.41) is 11.3. The molecule has 184 valence electrons. The Hall–Kier alpha value is -3.96. The Labute approximate surface area is 195 Å². The summed E-state index contributed by atoms with van der Waals surface area (Å²) in [6.07, 6.45) is -4.85. The van der Waals surface area contributed by atoms with Gasteiger partial charge >= 0.3 is 12.3 Å². The van der Waals surface area contributed by atoms with Crippen LogP contribution in [-0.2, 0) is 6.18 Å². The highest BCUT2D eigenvalue weighted by atomic mass is 19.4. The topological polar surface area (TPSA) is 87.5 Å². The van der Waals surface area contributed by atoms with E-state index in [1.807, 2.05) is 0 Å². The van der Waals surface area contributed by atoms with Crippen molar-refractivity contribution in [3.05, 3.63) is 76.1 Å². The summed E-state index contributed by atoms with van der Waals surface area (Å²) in [5.41, 5.74) is -1.80. The molecule has 1 amide bonds. The Bertz CT molecular complexity index is 1300. The summed E-state index contributed by atoms with van der Waals surface area (Å²) >= 11 is 0. The Morgan fingerprint density at radius 1 is 1.03 bits per heavy atom. The van der Waals surface area contributed by atoms with E-state index in [1.165, 1.54) is 6.07 Å². The third kappa shape index (κ3) is 5.26. The van der Waals surface area contributed by atoms with E-state index >= 15 is 0 Å². The minimum absolute atomic E-state index is 0.0186. The molecule has 1 saturated heterocycles. The number of anilines is 1. The average Bonchev–Trinajstić information content (AvgIpc) is 2.78. The minimum atomic E-state index is -4.58. The van der Waals surface area contributed by atoms with E-state index in [0.717, 1.165) is 41.0 Å². The number of carbonyl (C=O) groups is 1. The monoisotopic (exact) mass is 494 g/mol. The number of hydrogen-bond acceptors (Lipinski definition) is 4. The zero-order valence-corrected chi connectivity index (χ0v) is 18.0. The minimum Gasteiger partial charge on any atom is -0.465 e. The standard InChI is InChI=1S/C23H19F5N4O3/c24-14-3-6-17(18(25)11-14)21-30-19(31-9-7-15(8-10-31)29-22(34)35)12-20(33)32(21)16-4-1-13(2-5-16)23(26,27)28/h1-6,11-12,15,29H,7-10H2,(H,34,35). The molecule has 35 heavy (non-hydrogen) atoms. The third-order valence-corrected chi connectivity index (χ3v) is 5.68. The van der Waals surface area contributed by atoms with Crippen molar-refractivity contribution in [1.29, 1.82) is 0 Å². The van der Waals surface area contributed by atoms with Gasteiger partial charge in [-0.15, -0.1) is 0 Å². The van der Waals surface area contributed by atoms with Gasteiger partial charge in [-0.3, -0.25) is 9.36 Å². The van der Waals surface area contributed by atoms with Gasteiger partial charge in [-0.2, -0.15) is 13.2 Å². The van der Waals surface area contributed by atoms with Gasteiger partial charge < -0.3 is 15.3 Å². The lowest BCUT2D eigenvalue weighted by molar-refractivity contribution is -0.137. The second-order valence-corrected chi connectivity index (χ2v) is 7.99. The van der Waals surface area contributed by atoms with E-state index in [4.69, 9.17) is 5.11 Å². The number of piperidine rings is 1. The number of carboxylic acid groups (broad SMARTS) is 1. The quantitative estimate of drug-likeness (QED) is 0.524. The van der Waals surface area contributed by atoms with E-state index in [1.54, 1.807) is 4.90 Å². The van der Waals surface area contributed by atoms with Crippen molar-refractivity contribution in [2.45, 2.75) is 25.1 Å². The zero-order chi connectivity index (χ0) is 25.3. The molecule has 1 fully saturated rings. The predicted molar refractivity (Wildman–Crippen MR) is 117 cm³/mol. The molecule has 0 atom stereocenters. The molecule has 2 aromatic carbocycles. The van der Waals surface area contributed by atoms with Crippen LogP contribution in [0.15, 0.2) is 53.3 Å². The maximum Gasteiger partial charge on any atom is 0.416 e. The van der Waals surface area contributed by atoms with Crippen LogP contribution in [-0.4, -0.2) is 39.9 Å². The maximum absolute atomic E-state index is 14.7. The summed E-state index contributed by atoms with van der Waals surface area (Å²) in [5.74, 6) is -1.88. The van der Waals surface area contributed by atoms with Crippen molar-refractivity contribution in [2.24, 2.45) is 0 Å². The fraction of sp³-hybridized carbons (Fsp3) is 0.261. The lowest BCUT2D eigenvalue weighted by Crippen LogP contribution is -2.45. The van der Waals surface area contributed by atoms with Crippen molar-refractivity contribution < 1.29 is 31.9 Å². The van der Waals surface area contributed by atoms with Crippen molar-refractivity contribution in [1.82, 2.24) is 14.9 Å². The van der Waals surface area contributed by atoms with Crippen LogP contribution in [0.25, 0.3) is 17.1 Å². The van der Waals surface area contributed by atoms with E-state index in [0.29, 0.717) is 32.0 Å². The Kier molecular flexibility index (Phi) is 6.46. The SMILES string of the molecule is O=C(O)NC1CCN(c2cc(=O)n(-c3ccc(C(F)(F)F)cc3)c(-c3ccc(F)cc3F)n2)CC1. The summed E-state index contributed by atoms with van der Waals surface area (Å²) < 4.78 is 68.1. The van der Waals surface area contributed by atoms with Gasteiger partial charge in [0.2, 0.25) is 0 Å². The first kappa shape index (κ1) is 24.2. The molecule has 4 rings (SSSR count). The lowest BCUT2D eigenvalue weighted by atomic mass is 10.1. The van der Waals surface area contributed by atoms with Gasteiger partial charge in [0.1, 0.15) is 17.5 Å². The van der Waals surface area contributed by atoms with Crippen LogP contribution in [0.1, 0.15) is 18.4 Å². The first-order valence-electron chi connectivity index (χ1n) is 10.5. The van der Waals surface area contributed by atoms with E-state index in [-0.39, 0.29) is 28.9 Å². The number of hydrogen-bond donors (Lipinski definition) is 2. The van der Waals surface area contributed by atoms with Crippen LogP contribution in [0, 0.1) is 11.6 Å². The van der Waals surface area contributed by atoms with E-state index in [9.17, 15) is 31.5 Å². The molecule has 0 aliphatic carbocycles. The number of alkyl halides is 3. The highest BCUT2D eigenvalue weighted by molar-refractivity contribution is 5.65. The fourth-order valence-corrected chi connectivity index (χ4v) is 3.96. The number of aromatic nitrogens is 2. The number of benzene rings is 2.